The predicted octanol–water partition coefficient (Wildman–Crippen LogP) is 2.09. The van der Waals surface area contributed by atoms with E-state index in [1.807, 2.05) is 43.2 Å². The van der Waals surface area contributed by atoms with Gasteiger partial charge in [0.1, 0.15) is 5.52 Å². The second-order valence-corrected chi connectivity index (χ2v) is 8.70. The number of hydrogen-bond acceptors (Lipinski definition) is 8. The second-order valence-electron chi connectivity index (χ2n) is 8.70. The van der Waals surface area contributed by atoms with Crippen molar-refractivity contribution in [3.8, 4) is 5.88 Å². The summed E-state index contributed by atoms with van der Waals surface area (Å²) in [6.45, 7) is 4.88. The Kier molecular flexibility index (Phi) is 6.27. The summed E-state index contributed by atoms with van der Waals surface area (Å²) in [7, 11) is 5.19. The first-order valence-corrected chi connectivity index (χ1v) is 11.6. The highest BCUT2D eigenvalue weighted by molar-refractivity contribution is 6.13. The van der Waals surface area contributed by atoms with Crippen LogP contribution in [0, 0.1) is 6.92 Å². The van der Waals surface area contributed by atoms with Gasteiger partial charge in [0, 0.05) is 49.7 Å². The van der Waals surface area contributed by atoms with Crippen molar-refractivity contribution in [1.82, 2.24) is 29.5 Å². The molecule has 1 atom stereocenters. The molecule has 0 aliphatic carbocycles. The standard InChI is InChI=1S/C24H30N8O3/c1-15-11-31-14-20(28-24(35-4)22(31)26-15)27-23(33)17-5-6-19(30-8-7-16(12-30)25-2)18-13-32(9-10-34-3)29-21(17)18/h5-6,11,13-14,16,25H,7-10,12H2,1-4H3,(H,27,33)/t16-/m0/s1. The summed E-state index contributed by atoms with van der Waals surface area (Å²) in [4.78, 5) is 24.6. The van der Waals surface area contributed by atoms with E-state index in [4.69, 9.17) is 14.6 Å². The van der Waals surface area contributed by atoms with Crippen LogP contribution in [-0.2, 0) is 11.3 Å². The number of anilines is 2. The van der Waals surface area contributed by atoms with Crippen molar-refractivity contribution in [2.45, 2.75) is 25.9 Å². The molecule has 35 heavy (non-hydrogen) atoms. The van der Waals surface area contributed by atoms with Gasteiger partial charge in [-0.3, -0.25) is 13.9 Å². The lowest BCUT2D eigenvalue weighted by Gasteiger charge is -2.20. The molecule has 1 aromatic carbocycles. The first kappa shape index (κ1) is 23.1. The van der Waals surface area contributed by atoms with Gasteiger partial charge in [-0.2, -0.15) is 10.1 Å². The van der Waals surface area contributed by atoms with Gasteiger partial charge in [-0.15, -0.1) is 0 Å². The number of aryl methyl sites for hydroxylation is 1. The number of carbonyl (C=O) groups excluding carboxylic acids is 1. The molecule has 2 N–H and O–H groups in total. The van der Waals surface area contributed by atoms with Crippen molar-refractivity contribution in [1.29, 1.82) is 0 Å². The van der Waals surface area contributed by atoms with Crippen molar-refractivity contribution in [2.24, 2.45) is 0 Å². The number of aromatic nitrogens is 5. The number of methoxy groups -OCH3 is 2. The van der Waals surface area contributed by atoms with Gasteiger partial charge in [0.25, 0.3) is 11.8 Å². The number of ether oxygens (including phenoxy) is 2. The Hall–Kier alpha value is -3.70. The van der Waals surface area contributed by atoms with E-state index in [-0.39, 0.29) is 5.91 Å². The molecule has 4 aromatic rings. The largest absolute Gasteiger partial charge is 0.478 e. The van der Waals surface area contributed by atoms with Crippen LogP contribution in [0.3, 0.4) is 0 Å². The molecule has 1 aliphatic rings. The fourth-order valence-electron chi connectivity index (χ4n) is 4.59. The zero-order valence-electron chi connectivity index (χ0n) is 20.4. The van der Waals surface area contributed by atoms with Crippen LogP contribution in [0.15, 0.2) is 30.7 Å². The monoisotopic (exact) mass is 478 g/mol. The third-order valence-electron chi connectivity index (χ3n) is 6.37. The zero-order valence-corrected chi connectivity index (χ0v) is 20.4. The molecule has 3 aromatic heterocycles. The molecule has 11 nitrogen and oxygen atoms in total. The summed E-state index contributed by atoms with van der Waals surface area (Å²) in [5.74, 6) is 0.413. The Bertz CT molecular complexity index is 1380. The zero-order chi connectivity index (χ0) is 24.5. The van der Waals surface area contributed by atoms with E-state index >= 15 is 0 Å². The topological polar surface area (TPSA) is 111 Å². The molecular formula is C24H30N8O3. The molecule has 1 aliphatic heterocycles. The molecular weight excluding hydrogens is 448 g/mol. The third kappa shape index (κ3) is 4.40. The molecule has 5 rings (SSSR count). The number of fused-ring (bicyclic) bond motifs is 2. The predicted molar refractivity (Wildman–Crippen MR) is 134 cm³/mol. The van der Waals surface area contributed by atoms with Gasteiger partial charge < -0.3 is 25.0 Å². The maximum absolute atomic E-state index is 13.4. The van der Waals surface area contributed by atoms with E-state index in [2.05, 4.69) is 25.5 Å². The minimum atomic E-state index is -0.293. The minimum Gasteiger partial charge on any atom is -0.478 e. The van der Waals surface area contributed by atoms with E-state index in [9.17, 15) is 4.79 Å². The summed E-state index contributed by atoms with van der Waals surface area (Å²) in [6.07, 6.45) is 6.64. The summed E-state index contributed by atoms with van der Waals surface area (Å²) >= 11 is 0. The average Bonchev–Trinajstić information content (AvgIpc) is 3.58. The maximum atomic E-state index is 13.4. The number of likely N-dealkylation sites (N-methyl/N-ethyl adjacent to an activating group) is 1. The number of rotatable bonds is 8. The number of benzene rings is 1. The van der Waals surface area contributed by atoms with E-state index in [1.54, 1.807) is 17.7 Å². The molecule has 184 valence electrons. The number of hydrogen-bond donors (Lipinski definition) is 2. The molecule has 0 radical (unpaired) electrons. The van der Waals surface area contributed by atoms with Gasteiger partial charge in [-0.25, -0.2) is 4.98 Å². The SMILES string of the molecule is CN[C@H]1CCN(c2ccc(C(=O)Nc3cn4cc(C)nc4c(OC)n3)c3nn(CCOC)cc23)C1. The highest BCUT2D eigenvalue weighted by Gasteiger charge is 2.25. The lowest BCUT2D eigenvalue weighted by atomic mass is 10.1. The highest BCUT2D eigenvalue weighted by Crippen LogP contribution is 2.32. The maximum Gasteiger partial charge on any atom is 0.260 e. The van der Waals surface area contributed by atoms with Crippen LogP contribution in [0.4, 0.5) is 11.5 Å². The van der Waals surface area contributed by atoms with Crippen molar-refractivity contribution in [3.05, 3.63) is 42.0 Å². The Morgan fingerprint density at radius 2 is 2.06 bits per heavy atom. The van der Waals surface area contributed by atoms with Crippen LogP contribution in [0.1, 0.15) is 22.5 Å². The lowest BCUT2D eigenvalue weighted by Crippen LogP contribution is -2.29. The van der Waals surface area contributed by atoms with Crippen molar-refractivity contribution in [3.63, 3.8) is 0 Å². The van der Waals surface area contributed by atoms with Crippen LogP contribution >= 0.6 is 0 Å². The van der Waals surface area contributed by atoms with E-state index in [0.717, 1.165) is 36.3 Å². The third-order valence-corrected chi connectivity index (χ3v) is 6.37. The number of carbonyl (C=O) groups is 1. The molecule has 0 spiro atoms. The van der Waals surface area contributed by atoms with Crippen LogP contribution in [0.25, 0.3) is 16.6 Å². The van der Waals surface area contributed by atoms with Crippen LogP contribution in [0.5, 0.6) is 5.88 Å². The second kappa shape index (κ2) is 9.51. The fourth-order valence-corrected chi connectivity index (χ4v) is 4.59. The Labute approximate surface area is 203 Å². The van der Waals surface area contributed by atoms with Gasteiger partial charge in [0.2, 0.25) is 5.65 Å². The van der Waals surface area contributed by atoms with E-state index in [0.29, 0.717) is 47.6 Å². The quantitative estimate of drug-likeness (QED) is 0.396. The van der Waals surface area contributed by atoms with Gasteiger partial charge >= 0.3 is 0 Å². The molecule has 1 saturated heterocycles. The fraction of sp³-hybridized carbons (Fsp3) is 0.417. The molecule has 1 amide bonds. The number of nitrogens with zero attached hydrogens (tertiary/aromatic N) is 6. The van der Waals surface area contributed by atoms with E-state index in [1.165, 1.54) is 7.11 Å². The van der Waals surface area contributed by atoms with Gasteiger partial charge in [-0.1, -0.05) is 0 Å². The first-order valence-electron chi connectivity index (χ1n) is 11.6. The number of nitrogens with one attached hydrogen (secondary N) is 2. The summed E-state index contributed by atoms with van der Waals surface area (Å²) < 4.78 is 14.2. The normalized spacial score (nSPS) is 15.9. The molecule has 0 bridgehead atoms. The number of imidazole rings is 1. The minimum absolute atomic E-state index is 0.293. The summed E-state index contributed by atoms with van der Waals surface area (Å²) in [5, 5.41) is 12.0. The summed E-state index contributed by atoms with van der Waals surface area (Å²) in [5.41, 5.74) is 3.63. The van der Waals surface area contributed by atoms with Crippen molar-refractivity contribution < 1.29 is 14.3 Å². The van der Waals surface area contributed by atoms with Gasteiger partial charge in [-0.05, 0) is 32.5 Å². The molecule has 0 unspecified atom stereocenters. The van der Waals surface area contributed by atoms with E-state index < -0.39 is 0 Å². The van der Waals surface area contributed by atoms with Crippen molar-refractivity contribution >= 4 is 34.0 Å². The van der Waals surface area contributed by atoms with Crippen LogP contribution < -0.4 is 20.3 Å². The van der Waals surface area contributed by atoms with Crippen LogP contribution in [-0.4, -0.2) is 77.1 Å². The lowest BCUT2D eigenvalue weighted by molar-refractivity contribution is 0.102. The number of amides is 1. The molecule has 1 fully saturated rings. The summed E-state index contributed by atoms with van der Waals surface area (Å²) in [6, 6.07) is 4.29. The average molecular weight is 479 g/mol. The Morgan fingerprint density at radius 1 is 1.20 bits per heavy atom. The van der Waals surface area contributed by atoms with Gasteiger partial charge in [0.15, 0.2) is 5.82 Å². The van der Waals surface area contributed by atoms with Gasteiger partial charge in [0.05, 0.1) is 37.7 Å². The Morgan fingerprint density at radius 3 is 2.80 bits per heavy atom. The smallest absolute Gasteiger partial charge is 0.260 e. The Balaban J connectivity index is 1.51. The highest BCUT2D eigenvalue weighted by atomic mass is 16.5. The van der Waals surface area contributed by atoms with Crippen LogP contribution in [0.2, 0.25) is 0 Å². The molecule has 4 heterocycles. The molecule has 11 heteroatoms. The molecule has 0 saturated carbocycles. The van der Waals surface area contributed by atoms with Crippen molar-refractivity contribution in [2.75, 3.05) is 51.2 Å². The first-order chi connectivity index (χ1) is 17.0.